The van der Waals surface area contributed by atoms with Gasteiger partial charge in [-0.25, -0.2) is 4.79 Å². The van der Waals surface area contributed by atoms with E-state index in [1.807, 2.05) is 0 Å². The van der Waals surface area contributed by atoms with Crippen molar-refractivity contribution < 1.29 is 9.53 Å². The summed E-state index contributed by atoms with van der Waals surface area (Å²) in [5, 5.41) is 0. The Balaban J connectivity index is 3.24. The van der Waals surface area contributed by atoms with Crippen LogP contribution in [0.4, 0.5) is 0 Å². The van der Waals surface area contributed by atoms with E-state index < -0.39 is 0 Å². The fourth-order valence-corrected chi connectivity index (χ4v) is 1.82. The highest BCUT2D eigenvalue weighted by molar-refractivity contribution is 5.81. The highest BCUT2D eigenvalue weighted by Gasteiger charge is 2.04. The number of carbonyl (C=O) groups excluding carboxylic acids is 1. The summed E-state index contributed by atoms with van der Waals surface area (Å²) in [4.78, 5) is 10.9. The van der Waals surface area contributed by atoms with Crippen LogP contribution in [0.15, 0.2) is 12.7 Å². The number of rotatable bonds is 11. The molecule has 0 bridgehead atoms. The molecule has 2 nitrogen and oxygen atoms in total. The summed E-state index contributed by atoms with van der Waals surface area (Å²) in [6, 6.07) is 0. The second-order valence-electron chi connectivity index (χ2n) is 4.85. The molecule has 0 aliphatic heterocycles. The van der Waals surface area contributed by atoms with Crippen LogP contribution in [0.1, 0.15) is 65.2 Å². The van der Waals surface area contributed by atoms with E-state index in [4.69, 9.17) is 4.74 Å². The molecule has 0 N–H and O–H groups in total. The zero-order valence-corrected chi connectivity index (χ0v) is 11.5. The molecule has 0 aromatic carbocycles. The van der Waals surface area contributed by atoms with Crippen LogP contribution >= 0.6 is 0 Å². The molecular formula is C15H28O2. The van der Waals surface area contributed by atoms with Crippen molar-refractivity contribution in [2.45, 2.75) is 65.2 Å². The number of hydrogen-bond donors (Lipinski definition) is 0. The van der Waals surface area contributed by atoms with Crippen LogP contribution < -0.4 is 0 Å². The lowest BCUT2D eigenvalue weighted by Gasteiger charge is -2.10. The van der Waals surface area contributed by atoms with Crippen LogP contribution in [0.2, 0.25) is 0 Å². The molecule has 0 aliphatic carbocycles. The van der Waals surface area contributed by atoms with Gasteiger partial charge in [-0.05, 0) is 12.3 Å². The van der Waals surface area contributed by atoms with Crippen molar-refractivity contribution in [1.82, 2.24) is 0 Å². The van der Waals surface area contributed by atoms with Gasteiger partial charge >= 0.3 is 5.97 Å². The Morgan fingerprint density at radius 2 is 1.76 bits per heavy atom. The Kier molecular flexibility index (Phi) is 11.1. The van der Waals surface area contributed by atoms with Crippen molar-refractivity contribution in [3.63, 3.8) is 0 Å². The third kappa shape index (κ3) is 11.5. The van der Waals surface area contributed by atoms with Gasteiger partial charge in [-0.3, -0.25) is 0 Å². The van der Waals surface area contributed by atoms with E-state index in [-0.39, 0.29) is 5.97 Å². The minimum atomic E-state index is -0.309. The van der Waals surface area contributed by atoms with Crippen LogP contribution in [0.3, 0.4) is 0 Å². The molecule has 0 amide bonds. The third-order valence-electron chi connectivity index (χ3n) is 2.98. The van der Waals surface area contributed by atoms with Crippen LogP contribution in [0.5, 0.6) is 0 Å². The smallest absolute Gasteiger partial charge is 0.330 e. The van der Waals surface area contributed by atoms with Gasteiger partial charge in [0.05, 0.1) is 6.61 Å². The summed E-state index contributed by atoms with van der Waals surface area (Å²) >= 11 is 0. The van der Waals surface area contributed by atoms with Gasteiger partial charge in [0, 0.05) is 6.08 Å². The standard InChI is InChI=1S/C15H28O2/c1-4-6-7-8-9-10-11-12-14(3)13-17-15(16)5-2/h5,14H,2,4,6-13H2,1,3H3. The Morgan fingerprint density at radius 3 is 2.35 bits per heavy atom. The average Bonchev–Trinajstić information content (AvgIpc) is 2.34. The topological polar surface area (TPSA) is 26.3 Å². The van der Waals surface area contributed by atoms with E-state index in [0.717, 1.165) is 6.42 Å². The highest BCUT2D eigenvalue weighted by Crippen LogP contribution is 2.12. The lowest BCUT2D eigenvalue weighted by molar-refractivity contribution is -0.139. The zero-order chi connectivity index (χ0) is 12.9. The highest BCUT2D eigenvalue weighted by atomic mass is 16.5. The molecular weight excluding hydrogens is 212 g/mol. The number of ether oxygens (including phenoxy) is 1. The number of carbonyl (C=O) groups is 1. The van der Waals surface area contributed by atoms with Gasteiger partial charge in [0.2, 0.25) is 0 Å². The van der Waals surface area contributed by atoms with E-state index in [9.17, 15) is 4.79 Å². The van der Waals surface area contributed by atoms with E-state index in [2.05, 4.69) is 20.4 Å². The molecule has 1 unspecified atom stereocenters. The first-order valence-electron chi connectivity index (χ1n) is 6.99. The fourth-order valence-electron chi connectivity index (χ4n) is 1.82. The van der Waals surface area contributed by atoms with E-state index in [1.165, 1.54) is 51.0 Å². The van der Waals surface area contributed by atoms with Crippen LogP contribution in [0, 0.1) is 5.92 Å². The van der Waals surface area contributed by atoms with Crippen molar-refractivity contribution >= 4 is 5.97 Å². The summed E-state index contributed by atoms with van der Waals surface area (Å²) < 4.78 is 5.01. The van der Waals surface area contributed by atoms with Gasteiger partial charge in [0.25, 0.3) is 0 Å². The molecule has 100 valence electrons. The average molecular weight is 240 g/mol. The summed E-state index contributed by atoms with van der Waals surface area (Å²) in [7, 11) is 0. The summed E-state index contributed by atoms with van der Waals surface area (Å²) in [5.74, 6) is 0.158. The maximum Gasteiger partial charge on any atom is 0.330 e. The normalized spacial score (nSPS) is 12.1. The molecule has 0 aromatic rings. The molecule has 0 fully saturated rings. The molecule has 2 heteroatoms. The number of unbranched alkanes of at least 4 members (excludes halogenated alkanes) is 6. The Morgan fingerprint density at radius 1 is 1.18 bits per heavy atom. The molecule has 1 atom stereocenters. The number of hydrogen-bond acceptors (Lipinski definition) is 2. The largest absolute Gasteiger partial charge is 0.462 e. The molecule has 0 aliphatic rings. The summed E-state index contributed by atoms with van der Waals surface area (Å²) in [6.45, 7) is 8.28. The van der Waals surface area contributed by atoms with E-state index in [0.29, 0.717) is 12.5 Å². The molecule has 0 saturated carbocycles. The summed E-state index contributed by atoms with van der Waals surface area (Å²) in [6.07, 6.45) is 11.7. The molecule has 0 spiro atoms. The quantitative estimate of drug-likeness (QED) is 0.302. The molecule has 0 radical (unpaired) electrons. The maximum atomic E-state index is 10.9. The van der Waals surface area contributed by atoms with Crippen molar-refractivity contribution in [1.29, 1.82) is 0 Å². The lowest BCUT2D eigenvalue weighted by Crippen LogP contribution is -2.09. The van der Waals surface area contributed by atoms with Crippen LogP contribution in [0.25, 0.3) is 0 Å². The predicted molar refractivity (Wildman–Crippen MR) is 72.9 cm³/mol. The number of esters is 1. The first-order valence-corrected chi connectivity index (χ1v) is 6.99. The van der Waals surface area contributed by atoms with E-state index in [1.54, 1.807) is 0 Å². The van der Waals surface area contributed by atoms with Crippen LogP contribution in [-0.2, 0) is 9.53 Å². The second kappa shape index (κ2) is 11.7. The predicted octanol–water partition coefficient (Wildman–Crippen LogP) is 4.49. The lowest BCUT2D eigenvalue weighted by atomic mass is 10.0. The third-order valence-corrected chi connectivity index (χ3v) is 2.98. The first kappa shape index (κ1) is 16.2. The minimum absolute atomic E-state index is 0.309. The second-order valence-corrected chi connectivity index (χ2v) is 4.85. The zero-order valence-electron chi connectivity index (χ0n) is 11.5. The van der Waals surface area contributed by atoms with Gasteiger partial charge < -0.3 is 4.74 Å². The van der Waals surface area contributed by atoms with Gasteiger partial charge in [-0.15, -0.1) is 0 Å². The van der Waals surface area contributed by atoms with Crippen molar-refractivity contribution in [2.75, 3.05) is 6.61 Å². The molecule has 0 aromatic heterocycles. The van der Waals surface area contributed by atoms with Crippen molar-refractivity contribution in [3.8, 4) is 0 Å². The Labute approximate surface area is 106 Å². The minimum Gasteiger partial charge on any atom is -0.462 e. The maximum absolute atomic E-state index is 10.9. The molecule has 0 heterocycles. The van der Waals surface area contributed by atoms with E-state index >= 15 is 0 Å². The Hall–Kier alpha value is -0.790. The molecule has 0 rings (SSSR count). The fraction of sp³-hybridized carbons (Fsp3) is 0.800. The molecule has 17 heavy (non-hydrogen) atoms. The first-order chi connectivity index (χ1) is 8.20. The van der Waals surface area contributed by atoms with Gasteiger partial charge in [-0.2, -0.15) is 0 Å². The monoisotopic (exact) mass is 240 g/mol. The van der Waals surface area contributed by atoms with Crippen molar-refractivity contribution in [2.24, 2.45) is 5.92 Å². The SMILES string of the molecule is C=CC(=O)OCC(C)CCCCCCCCC. The van der Waals surface area contributed by atoms with Crippen molar-refractivity contribution in [3.05, 3.63) is 12.7 Å². The van der Waals surface area contributed by atoms with Gasteiger partial charge in [-0.1, -0.05) is 65.4 Å². The van der Waals surface area contributed by atoms with Gasteiger partial charge in [0.1, 0.15) is 0 Å². The van der Waals surface area contributed by atoms with Crippen LogP contribution in [-0.4, -0.2) is 12.6 Å². The Bertz CT molecular complexity index is 199. The summed E-state index contributed by atoms with van der Waals surface area (Å²) in [5.41, 5.74) is 0. The van der Waals surface area contributed by atoms with Gasteiger partial charge in [0.15, 0.2) is 0 Å². The molecule has 0 saturated heterocycles.